The number of nitrogens with zero attached hydrogens (tertiary/aromatic N) is 2. The summed E-state index contributed by atoms with van der Waals surface area (Å²) in [5.74, 6) is 0.217. The Morgan fingerprint density at radius 2 is 2.13 bits per heavy atom. The molecule has 3 nitrogen and oxygen atoms in total. The maximum atomic E-state index is 11.8. The normalized spacial score (nSPS) is 10.6. The van der Waals surface area contributed by atoms with Crippen molar-refractivity contribution in [3.63, 3.8) is 0 Å². The summed E-state index contributed by atoms with van der Waals surface area (Å²) in [4.78, 5) is 11.8. The van der Waals surface area contributed by atoms with Crippen LogP contribution < -0.4 is 0 Å². The van der Waals surface area contributed by atoms with Crippen LogP contribution in [0.25, 0.3) is 0 Å². The first-order chi connectivity index (χ1) is 7.15. The average molecular weight is 208 g/mol. The fourth-order valence-corrected chi connectivity index (χ4v) is 1.71. The lowest BCUT2D eigenvalue weighted by atomic mass is 10.1. The zero-order valence-electron chi connectivity index (χ0n) is 9.92. The Hall–Kier alpha value is -1.12. The molecule has 0 radical (unpaired) electrons. The second-order valence-corrected chi connectivity index (χ2v) is 4.03. The predicted molar refractivity (Wildman–Crippen MR) is 61.0 cm³/mol. The predicted octanol–water partition coefficient (Wildman–Crippen LogP) is 2.88. The quantitative estimate of drug-likeness (QED) is 0.532. The Kier molecular flexibility index (Phi) is 4.53. The molecule has 0 aliphatic heterocycles. The molecular formula is C12H20N2O. The molecule has 0 aliphatic carbocycles. The summed E-state index contributed by atoms with van der Waals surface area (Å²) in [7, 11) is 1.83. The van der Waals surface area contributed by atoms with E-state index in [0.29, 0.717) is 6.42 Å². The van der Waals surface area contributed by atoms with Crippen LogP contribution in [0.2, 0.25) is 0 Å². The lowest BCUT2D eigenvalue weighted by Gasteiger charge is -2.00. The van der Waals surface area contributed by atoms with Crippen molar-refractivity contribution >= 4 is 5.78 Å². The van der Waals surface area contributed by atoms with Crippen molar-refractivity contribution in [2.75, 3.05) is 0 Å². The van der Waals surface area contributed by atoms with Crippen molar-refractivity contribution in [1.29, 1.82) is 0 Å². The first kappa shape index (κ1) is 12.0. The van der Waals surface area contributed by atoms with E-state index in [1.807, 2.05) is 20.0 Å². The monoisotopic (exact) mass is 208 g/mol. The molecule has 15 heavy (non-hydrogen) atoms. The van der Waals surface area contributed by atoms with Gasteiger partial charge in [-0.3, -0.25) is 9.48 Å². The molecule has 0 aromatic carbocycles. The number of carbonyl (C=O) groups excluding carboxylic acids is 1. The third-order valence-corrected chi connectivity index (χ3v) is 2.55. The van der Waals surface area contributed by atoms with Crippen LogP contribution in [0, 0.1) is 6.92 Å². The van der Waals surface area contributed by atoms with Gasteiger partial charge in [0.25, 0.3) is 0 Å². The minimum absolute atomic E-state index is 0.217. The van der Waals surface area contributed by atoms with Gasteiger partial charge < -0.3 is 0 Å². The van der Waals surface area contributed by atoms with Gasteiger partial charge in [-0.25, -0.2) is 0 Å². The summed E-state index contributed by atoms with van der Waals surface area (Å²) >= 11 is 0. The Morgan fingerprint density at radius 3 is 2.67 bits per heavy atom. The van der Waals surface area contributed by atoms with Crippen molar-refractivity contribution in [3.8, 4) is 0 Å². The van der Waals surface area contributed by atoms with Gasteiger partial charge in [0.1, 0.15) is 5.69 Å². The lowest BCUT2D eigenvalue weighted by molar-refractivity contribution is 0.0970. The summed E-state index contributed by atoms with van der Waals surface area (Å²) < 4.78 is 1.68. The summed E-state index contributed by atoms with van der Waals surface area (Å²) in [5, 5.41) is 4.17. The van der Waals surface area contributed by atoms with Gasteiger partial charge in [-0.05, 0) is 19.4 Å². The zero-order chi connectivity index (χ0) is 11.3. The van der Waals surface area contributed by atoms with Gasteiger partial charge in [-0.15, -0.1) is 0 Å². The minimum atomic E-state index is 0.217. The Labute approximate surface area is 91.5 Å². The van der Waals surface area contributed by atoms with Gasteiger partial charge >= 0.3 is 0 Å². The highest BCUT2D eigenvalue weighted by Crippen LogP contribution is 2.09. The van der Waals surface area contributed by atoms with Crippen LogP contribution in [0.3, 0.4) is 0 Å². The summed E-state index contributed by atoms with van der Waals surface area (Å²) in [6.45, 7) is 4.08. The van der Waals surface area contributed by atoms with Gasteiger partial charge in [0.2, 0.25) is 0 Å². The molecule has 1 rings (SSSR count). The Morgan fingerprint density at radius 1 is 1.40 bits per heavy atom. The molecule has 0 atom stereocenters. The smallest absolute Gasteiger partial charge is 0.180 e. The topological polar surface area (TPSA) is 34.9 Å². The number of ketones is 1. The van der Waals surface area contributed by atoms with Gasteiger partial charge in [-0.1, -0.05) is 26.2 Å². The van der Waals surface area contributed by atoms with Crippen LogP contribution in [0.1, 0.15) is 55.2 Å². The highest BCUT2D eigenvalue weighted by atomic mass is 16.1. The second kappa shape index (κ2) is 5.69. The number of hydrogen-bond acceptors (Lipinski definition) is 2. The highest BCUT2D eigenvalue weighted by molar-refractivity contribution is 5.94. The molecule has 1 aromatic rings. The number of rotatable bonds is 6. The number of Topliss-reactive ketones (excluding diaryl/α,β-unsaturated/α-hetero) is 1. The largest absolute Gasteiger partial charge is 0.292 e. The highest BCUT2D eigenvalue weighted by Gasteiger charge is 2.10. The van der Waals surface area contributed by atoms with E-state index in [1.165, 1.54) is 12.8 Å². The maximum Gasteiger partial charge on any atom is 0.180 e. The van der Waals surface area contributed by atoms with Gasteiger partial charge in [0.05, 0.1) is 5.69 Å². The SMILES string of the molecule is CCCCCCC(=O)c1cc(C)nn1C. The molecule has 0 saturated carbocycles. The van der Waals surface area contributed by atoms with Crippen LogP contribution in [0.4, 0.5) is 0 Å². The van der Waals surface area contributed by atoms with Gasteiger partial charge in [-0.2, -0.15) is 5.10 Å². The van der Waals surface area contributed by atoms with Crippen LogP contribution in [-0.2, 0) is 7.05 Å². The number of aryl methyl sites for hydroxylation is 2. The first-order valence-corrected chi connectivity index (χ1v) is 5.69. The number of carbonyl (C=O) groups is 1. The van der Waals surface area contributed by atoms with Crippen LogP contribution in [0.15, 0.2) is 6.07 Å². The van der Waals surface area contributed by atoms with E-state index >= 15 is 0 Å². The molecule has 0 aliphatic rings. The van der Waals surface area contributed by atoms with Gasteiger partial charge in [0.15, 0.2) is 5.78 Å². The number of unbranched alkanes of at least 4 members (excludes halogenated alkanes) is 3. The fourth-order valence-electron chi connectivity index (χ4n) is 1.71. The Balaban J connectivity index is 2.43. The van der Waals surface area contributed by atoms with Crippen molar-refractivity contribution in [3.05, 3.63) is 17.5 Å². The van der Waals surface area contributed by atoms with E-state index in [0.717, 1.165) is 24.2 Å². The van der Waals surface area contributed by atoms with Crippen molar-refractivity contribution < 1.29 is 4.79 Å². The molecule has 84 valence electrons. The molecule has 0 fully saturated rings. The maximum absolute atomic E-state index is 11.8. The van der Waals surface area contributed by atoms with E-state index in [1.54, 1.807) is 4.68 Å². The third-order valence-electron chi connectivity index (χ3n) is 2.55. The molecule has 3 heteroatoms. The van der Waals surface area contributed by atoms with Crippen molar-refractivity contribution in [1.82, 2.24) is 9.78 Å². The number of hydrogen-bond donors (Lipinski definition) is 0. The van der Waals surface area contributed by atoms with Crippen molar-refractivity contribution in [2.45, 2.75) is 46.0 Å². The zero-order valence-corrected chi connectivity index (χ0v) is 9.92. The molecule has 1 heterocycles. The standard InChI is InChI=1S/C12H20N2O/c1-4-5-6-7-8-12(15)11-9-10(2)13-14(11)3/h9H,4-8H2,1-3H3. The van der Waals surface area contributed by atoms with Crippen LogP contribution in [0.5, 0.6) is 0 Å². The van der Waals surface area contributed by atoms with E-state index in [-0.39, 0.29) is 5.78 Å². The summed E-state index contributed by atoms with van der Waals surface area (Å²) in [6.07, 6.45) is 5.23. The summed E-state index contributed by atoms with van der Waals surface area (Å²) in [5.41, 5.74) is 1.65. The fraction of sp³-hybridized carbons (Fsp3) is 0.667. The molecule has 0 N–H and O–H groups in total. The van der Waals surface area contributed by atoms with E-state index in [2.05, 4.69) is 12.0 Å². The van der Waals surface area contributed by atoms with E-state index in [9.17, 15) is 4.79 Å². The minimum Gasteiger partial charge on any atom is -0.292 e. The molecule has 0 bridgehead atoms. The van der Waals surface area contributed by atoms with E-state index < -0.39 is 0 Å². The molecule has 0 amide bonds. The van der Waals surface area contributed by atoms with Gasteiger partial charge in [0, 0.05) is 13.5 Å². The lowest BCUT2D eigenvalue weighted by Crippen LogP contribution is -2.06. The number of aromatic nitrogens is 2. The molecular weight excluding hydrogens is 188 g/mol. The molecule has 1 aromatic heterocycles. The third kappa shape index (κ3) is 3.50. The average Bonchev–Trinajstić information content (AvgIpc) is 2.52. The summed E-state index contributed by atoms with van der Waals surface area (Å²) in [6, 6.07) is 1.86. The second-order valence-electron chi connectivity index (χ2n) is 4.03. The van der Waals surface area contributed by atoms with E-state index in [4.69, 9.17) is 0 Å². The van der Waals surface area contributed by atoms with Crippen molar-refractivity contribution in [2.24, 2.45) is 7.05 Å². The molecule has 0 unspecified atom stereocenters. The van der Waals surface area contributed by atoms with Crippen LogP contribution >= 0.6 is 0 Å². The first-order valence-electron chi connectivity index (χ1n) is 5.69. The molecule has 0 spiro atoms. The Bertz CT molecular complexity index is 328. The van der Waals surface area contributed by atoms with Crippen LogP contribution in [-0.4, -0.2) is 15.6 Å². The molecule has 0 saturated heterocycles.